The number of carbonyl (C=O) groups excluding carboxylic acids is 1. The maximum atomic E-state index is 10.8. The zero-order chi connectivity index (χ0) is 11.4. The molecule has 0 aliphatic heterocycles. The Morgan fingerprint density at radius 2 is 2.00 bits per heavy atom. The van der Waals surface area contributed by atoms with Gasteiger partial charge in [0, 0.05) is 12.2 Å². The van der Waals surface area contributed by atoms with Gasteiger partial charge in [0.15, 0.2) is 0 Å². The van der Waals surface area contributed by atoms with Crippen molar-refractivity contribution in [3.63, 3.8) is 0 Å². The van der Waals surface area contributed by atoms with Gasteiger partial charge in [-0.2, -0.15) is 0 Å². The molecule has 15 heavy (non-hydrogen) atoms. The molecule has 0 heterocycles. The third kappa shape index (κ3) is 2.77. The lowest BCUT2D eigenvalue weighted by molar-refractivity contribution is -0.116. The van der Waals surface area contributed by atoms with Crippen molar-refractivity contribution in [3.05, 3.63) is 18.2 Å². The van der Waals surface area contributed by atoms with Gasteiger partial charge in [0.2, 0.25) is 5.91 Å². The van der Waals surface area contributed by atoms with Gasteiger partial charge in [-0.1, -0.05) is 0 Å². The number of nitrogen functional groups attached to an aromatic ring is 2. The molecular weight excluding hydrogens is 192 g/mol. The number of nitrogens with two attached hydrogens (primary N) is 3. The summed E-state index contributed by atoms with van der Waals surface area (Å²) in [6.45, 7) is 2.81. The molecule has 1 rings (SSSR count). The lowest BCUT2D eigenvalue weighted by Gasteiger charge is -2.21. The van der Waals surface area contributed by atoms with Gasteiger partial charge in [-0.25, -0.2) is 0 Å². The Kier molecular flexibility index (Phi) is 3.38. The van der Waals surface area contributed by atoms with Crippen LogP contribution in [0.25, 0.3) is 0 Å². The Morgan fingerprint density at radius 3 is 2.47 bits per heavy atom. The average Bonchev–Trinajstić information content (AvgIpc) is 2.18. The Balaban J connectivity index is 2.92. The molecule has 0 aliphatic carbocycles. The van der Waals surface area contributed by atoms with E-state index in [4.69, 9.17) is 17.2 Å². The number of hydrogen-bond acceptors (Lipinski definition) is 4. The Bertz CT molecular complexity index is 364. The molecule has 0 aromatic heterocycles. The highest BCUT2D eigenvalue weighted by Crippen LogP contribution is 2.22. The van der Waals surface area contributed by atoms with Crippen molar-refractivity contribution in [2.24, 2.45) is 5.73 Å². The predicted octanol–water partition coefficient (Wildman–Crippen LogP) is 0.163. The summed E-state index contributed by atoms with van der Waals surface area (Å²) in [5.41, 5.74) is 18.3. The lowest BCUT2D eigenvalue weighted by atomic mass is 10.2. The average molecular weight is 208 g/mol. The van der Waals surface area contributed by atoms with E-state index in [0.29, 0.717) is 17.9 Å². The molecule has 0 fully saturated rings. The first-order chi connectivity index (χ1) is 7.04. The Hall–Kier alpha value is -1.91. The first kappa shape index (κ1) is 11.2. The highest BCUT2D eigenvalue weighted by molar-refractivity contribution is 5.80. The fourth-order valence-corrected chi connectivity index (χ4v) is 1.33. The second kappa shape index (κ2) is 4.54. The summed E-state index contributed by atoms with van der Waals surface area (Å²) in [7, 11) is 0. The van der Waals surface area contributed by atoms with Gasteiger partial charge >= 0.3 is 0 Å². The maximum Gasteiger partial charge on any atom is 0.236 e. The van der Waals surface area contributed by atoms with Gasteiger partial charge in [-0.15, -0.1) is 0 Å². The van der Waals surface area contributed by atoms with E-state index >= 15 is 0 Å². The quantitative estimate of drug-likeness (QED) is 0.614. The van der Waals surface area contributed by atoms with Crippen LogP contribution in [0.15, 0.2) is 18.2 Å². The van der Waals surface area contributed by atoms with Crippen molar-refractivity contribution in [3.8, 4) is 0 Å². The lowest BCUT2D eigenvalue weighted by Crippen LogP contribution is -2.33. The molecular formula is C10H16N4O. The van der Waals surface area contributed by atoms with Gasteiger partial charge in [0.1, 0.15) is 0 Å². The number of likely N-dealkylation sites (N-methyl/N-ethyl adjacent to an activating group) is 1. The van der Waals surface area contributed by atoms with Crippen LogP contribution in [0.2, 0.25) is 0 Å². The van der Waals surface area contributed by atoms with E-state index in [2.05, 4.69) is 0 Å². The molecule has 0 bridgehead atoms. The van der Waals surface area contributed by atoms with Gasteiger partial charge < -0.3 is 22.1 Å². The van der Waals surface area contributed by atoms with Crippen LogP contribution in [0.5, 0.6) is 0 Å². The highest BCUT2D eigenvalue weighted by atomic mass is 16.1. The molecule has 1 aromatic carbocycles. The van der Waals surface area contributed by atoms with Crippen LogP contribution in [0.4, 0.5) is 17.1 Å². The fraction of sp³-hybridized carbons (Fsp3) is 0.300. The number of anilines is 3. The van der Waals surface area contributed by atoms with Gasteiger partial charge in [-0.3, -0.25) is 4.79 Å². The zero-order valence-electron chi connectivity index (χ0n) is 8.73. The molecule has 0 aliphatic rings. The van der Waals surface area contributed by atoms with Crippen LogP contribution in [0.1, 0.15) is 6.92 Å². The van der Waals surface area contributed by atoms with Gasteiger partial charge in [0.05, 0.1) is 17.9 Å². The topological polar surface area (TPSA) is 98.4 Å². The summed E-state index contributed by atoms with van der Waals surface area (Å²) in [6.07, 6.45) is 0. The number of primary amides is 1. The molecule has 0 atom stereocenters. The normalized spacial score (nSPS) is 9.93. The Morgan fingerprint density at radius 1 is 1.33 bits per heavy atom. The maximum absolute atomic E-state index is 10.8. The van der Waals surface area contributed by atoms with E-state index in [-0.39, 0.29) is 12.5 Å². The molecule has 1 aromatic rings. The first-order valence-corrected chi connectivity index (χ1v) is 4.72. The Labute approximate surface area is 88.8 Å². The molecule has 0 saturated heterocycles. The number of rotatable bonds is 4. The summed E-state index contributed by atoms with van der Waals surface area (Å²) in [4.78, 5) is 12.6. The smallest absolute Gasteiger partial charge is 0.236 e. The summed E-state index contributed by atoms with van der Waals surface area (Å²) < 4.78 is 0. The third-order valence-corrected chi connectivity index (χ3v) is 2.16. The van der Waals surface area contributed by atoms with E-state index in [1.807, 2.05) is 17.9 Å². The summed E-state index contributed by atoms with van der Waals surface area (Å²) in [5, 5.41) is 0. The largest absolute Gasteiger partial charge is 0.397 e. The third-order valence-electron chi connectivity index (χ3n) is 2.16. The molecule has 5 nitrogen and oxygen atoms in total. The molecule has 0 unspecified atom stereocenters. The van der Waals surface area contributed by atoms with E-state index in [0.717, 1.165) is 5.69 Å². The number of hydrogen-bond donors (Lipinski definition) is 3. The van der Waals surface area contributed by atoms with Crippen molar-refractivity contribution in [1.29, 1.82) is 0 Å². The standard InChI is InChI=1S/C10H16N4O/c1-2-14(6-10(13)15)7-3-4-8(11)9(12)5-7/h3-5H,2,6,11-12H2,1H3,(H2,13,15). The van der Waals surface area contributed by atoms with Crippen LogP contribution < -0.4 is 22.1 Å². The molecule has 0 saturated carbocycles. The minimum absolute atomic E-state index is 0.180. The van der Waals surface area contributed by atoms with Crippen LogP contribution in [0.3, 0.4) is 0 Å². The highest BCUT2D eigenvalue weighted by Gasteiger charge is 2.08. The van der Waals surface area contributed by atoms with E-state index in [1.165, 1.54) is 0 Å². The number of carbonyl (C=O) groups is 1. The molecule has 0 radical (unpaired) electrons. The second-order valence-corrected chi connectivity index (χ2v) is 3.29. The van der Waals surface area contributed by atoms with E-state index in [1.54, 1.807) is 12.1 Å². The van der Waals surface area contributed by atoms with Crippen molar-refractivity contribution < 1.29 is 4.79 Å². The monoisotopic (exact) mass is 208 g/mol. The SMILES string of the molecule is CCN(CC(N)=O)c1ccc(N)c(N)c1. The van der Waals surface area contributed by atoms with Crippen LogP contribution in [-0.2, 0) is 4.79 Å². The number of benzene rings is 1. The number of amides is 1. The zero-order valence-corrected chi connectivity index (χ0v) is 8.73. The van der Waals surface area contributed by atoms with Crippen molar-refractivity contribution in [1.82, 2.24) is 0 Å². The molecule has 0 spiro atoms. The predicted molar refractivity (Wildman–Crippen MR) is 62.3 cm³/mol. The van der Waals surface area contributed by atoms with Gasteiger partial charge in [-0.05, 0) is 25.1 Å². The first-order valence-electron chi connectivity index (χ1n) is 4.72. The van der Waals surface area contributed by atoms with Crippen molar-refractivity contribution in [2.45, 2.75) is 6.92 Å². The van der Waals surface area contributed by atoms with E-state index < -0.39 is 0 Å². The minimum atomic E-state index is -0.368. The van der Waals surface area contributed by atoms with Crippen molar-refractivity contribution >= 4 is 23.0 Å². The molecule has 5 heteroatoms. The second-order valence-electron chi connectivity index (χ2n) is 3.29. The van der Waals surface area contributed by atoms with E-state index in [9.17, 15) is 4.79 Å². The fourth-order valence-electron chi connectivity index (χ4n) is 1.33. The molecule has 1 amide bonds. The number of nitrogens with zero attached hydrogens (tertiary/aromatic N) is 1. The molecule has 82 valence electrons. The van der Waals surface area contributed by atoms with Crippen LogP contribution in [-0.4, -0.2) is 19.0 Å². The van der Waals surface area contributed by atoms with Gasteiger partial charge in [0.25, 0.3) is 0 Å². The summed E-state index contributed by atoms with van der Waals surface area (Å²) in [5.74, 6) is -0.368. The van der Waals surface area contributed by atoms with Crippen molar-refractivity contribution in [2.75, 3.05) is 29.5 Å². The minimum Gasteiger partial charge on any atom is -0.397 e. The summed E-state index contributed by atoms with van der Waals surface area (Å²) in [6, 6.07) is 5.27. The van der Waals surface area contributed by atoms with Crippen LogP contribution >= 0.6 is 0 Å². The summed E-state index contributed by atoms with van der Waals surface area (Å²) >= 11 is 0. The van der Waals surface area contributed by atoms with Crippen LogP contribution in [0, 0.1) is 0 Å². The molecule has 6 N–H and O–H groups in total.